The Morgan fingerprint density at radius 3 is 2.32 bits per heavy atom. The van der Waals surface area contributed by atoms with E-state index in [0.717, 1.165) is 22.3 Å². The van der Waals surface area contributed by atoms with E-state index in [9.17, 15) is 19.5 Å². The standard InChI is InChI=1S/C25H24N4O5/c1-28-22(19(12-27-28)23(30)29-11-10-21(29)24(31)32)13-26-25(33)34-14-20-17-8-4-2-6-15(17)16-7-3-5-9-18(16)20/h2-9,12,20-21H,10-11,13-14H2,1H3,(H,26,33)(H,31,32). The molecule has 0 spiro atoms. The number of nitrogens with one attached hydrogen (secondary N) is 1. The number of aryl methyl sites for hydroxylation is 1. The normalized spacial score (nSPS) is 16.4. The fourth-order valence-corrected chi connectivity index (χ4v) is 4.70. The van der Waals surface area contributed by atoms with Crippen LogP contribution in [0, 0.1) is 0 Å². The Morgan fingerprint density at radius 2 is 1.74 bits per heavy atom. The molecule has 2 aromatic carbocycles. The number of aliphatic carboxylic acids is 1. The van der Waals surface area contributed by atoms with Gasteiger partial charge in [0, 0.05) is 19.5 Å². The molecule has 2 heterocycles. The van der Waals surface area contributed by atoms with Crippen LogP contribution in [0.5, 0.6) is 0 Å². The van der Waals surface area contributed by atoms with Crippen molar-refractivity contribution in [3.8, 4) is 11.1 Å². The summed E-state index contributed by atoms with van der Waals surface area (Å²) in [6, 6.07) is 15.4. The van der Waals surface area contributed by atoms with Gasteiger partial charge in [0.15, 0.2) is 0 Å². The number of hydrogen-bond donors (Lipinski definition) is 2. The van der Waals surface area contributed by atoms with Crippen molar-refractivity contribution in [3.63, 3.8) is 0 Å². The summed E-state index contributed by atoms with van der Waals surface area (Å²) in [6.07, 6.45) is 1.22. The molecule has 34 heavy (non-hydrogen) atoms. The maximum absolute atomic E-state index is 12.8. The van der Waals surface area contributed by atoms with E-state index in [2.05, 4.69) is 34.7 Å². The highest BCUT2D eigenvalue weighted by atomic mass is 16.5. The van der Waals surface area contributed by atoms with Crippen molar-refractivity contribution in [2.45, 2.75) is 24.9 Å². The van der Waals surface area contributed by atoms with Gasteiger partial charge in [-0.15, -0.1) is 0 Å². The molecule has 0 bridgehead atoms. The highest BCUT2D eigenvalue weighted by Crippen LogP contribution is 2.44. The number of fused-ring (bicyclic) bond motifs is 3. The van der Waals surface area contributed by atoms with Crippen molar-refractivity contribution >= 4 is 18.0 Å². The molecule has 1 aliphatic heterocycles. The van der Waals surface area contributed by atoms with Crippen LogP contribution < -0.4 is 5.32 Å². The Morgan fingerprint density at radius 1 is 1.09 bits per heavy atom. The van der Waals surface area contributed by atoms with E-state index < -0.39 is 24.0 Å². The van der Waals surface area contributed by atoms with Crippen LogP contribution in [0.4, 0.5) is 4.79 Å². The summed E-state index contributed by atoms with van der Waals surface area (Å²) in [5.74, 6) is -1.48. The van der Waals surface area contributed by atoms with Crippen molar-refractivity contribution in [2.75, 3.05) is 13.2 Å². The highest BCUT2D eigenvalue weighted by Gasteiger charge is 2.39. The van der Waals surface area contributed by atoms with Gasteiger partial charge in [0.1, 0.15) is 12.6 Å². The van der Waals surface area contributed by atoms with E-state index in [1.807, 2.05) is 24.3 Å². The molecule has 1 aromatic heterocycles. The van der Waals surface area contributed by atoms with Crippen LogP contribution in [0.3, 0.4) is 0 Å². The fourth-order valence-electron chi connectivity index (χ4n) is 4.70. The van der Waals surface area contributed by atoms with Crippen molar-refractivity contribution in [1.29, 1.82) is 0 Å². The largest absolute Gasteiger partial charge is 0.480 e. The number of nitrogens with zero attached hydrogens (tertiary/aromatic N) is 3. The molecule has 0 saturated carbocycles. The second-order valence-corrected chi connectivity index (χ2v) is 8.45. The predicted molar refractivity (Wildman–Crippen MR) is 122 cm³/mol. The van der Waals surface area contributed by atoms with E-state index in [-0.39, 0.29) is 24.6 Å². The van der Waals surface area contributed by atoms with Gasteiger partial charge in [-0.3, -0.25) is 9.48 Å². The molecular formula is C25H24N4O5. The van der Waals surface area contributed by atoms with Gasteiger partial charge in [-0.05, 0) is 28.7 Å². The van der Waals surface area contributed by atoms with E-state index in [1.54, 1.807) is 7.05 Å². The number of carboxylic acid groups (broad SMARTS) is 1. The third-order valence-corrected chi connectivity index (χ3v) is 6.60. The number of carbonyl (C=O) groups excluding carboxylic acids is 2. The molecule has 174 valence electrons. The molecule has 2 N–H and O–H groups in total. The summed E-state index contributed by atoms with van der Waals surface area (Å²) in [7, 11) is 1.66. The minimum Gasteiger partial charge on any atom is -0.480 e. The number of rotatable bonds is 6. The number of ether oxygens (including phenoxy) is 1. The molecule has 5 rings (SSSR count). The topological polar surface area (TPSA) is 114 Å². The average molecular weight is 460 g/mol. The van der Waals surface area contributed by atoms with Gasteiger partial charge in [0.2, 0.25) is 0 Å². The molecule has 2 aliphatic rings. The van der Waals surface area contributed by atoms with E-state index >= 15 is 0 Å². The van der Waals surface area contributed by atoms with Crippen LogP contribution in [0.15, 0.2) is 54.7 Å². The maximum Gasteiger partial charge on any atom is 0.407 e. The summed E-state index contributed by atoms with van der Waals surface area (Å²) in [4.78, 5) is 37.9. The summed E-state index contributed by atoms with van der Waals surface area (Å²) in [5, 5.41) is 16.0. The minimum absolute atomic E-state index is 0.0276. The zero-order chi connectivity index (χ0) is 23.8. The monoisotopic (exact) mass is 460 g/mol. The first-order valence-electron chi connectivity index (χ1n) is 11.1. The second-order valence-electron chi connectivity index (χ2n) is 8.45. The summed E-state index contributed by atoms with van der Waals surface area (Å²) in [6.45, 7) is 0.592. The molecule has 1 atom stereocenters. The van der Waals surface area contributed by atoms with E-state index in [4.69, 9.17) is 4.74 Å². The van der Waals surface area contributed by atoms with Gasteiger partial charge in [-0.2, -0.15) is 5.10 Å². The Bertz CT molecular complexity index is 1240. The van der Waals surface area contributed by atoms with Gasteiger partial charge in [-0.1, -0.05) is 48.5 Å². The summed E-state index contributed by atoms with van der Waals surface area (Å²) >= 11 is 0. The number of benzene rings is 2. The Hall–Kier alpha value is -4.14. The first kappa shape index (κ1) is 21.7. The number of hydrogen-bond acceptors (Lipinski definition) is 5. The molecule has 3 aromatic rings. The Labute approximate surface area is 195 Å². The van der Waals surface area contributed by atoms with Gasteiger partial charge in [-0.25, -0.2) is 9.59 Å². The first-order valence-corrected chi connectivity index (χ1v) is 11.1. The number of aromatic nitrogens is 2. The van der Waals surface area contributed by atoms with E-state index in [1.165, 1.54) is 15.8 Å². The van der Waals surface area contributed by atoms with Crippen LogP contribution in [0.25, 0.3) is 11.1 Å². The molecule has 1 unspecified atom stereocenters. The smallest absolute Gasteiger partial charge is 0.407 e. The zero-order valence-corrected chi connectivity index (χ0v) is 18.6. The zero-order valence-electron chi connectivity index (χ0n) is 18.6. The van der Waals surface area contributed by atoms with Crippen LogP contribution in [-0.2, 0) is 23.1 Å². The molecule has 0 radical (unpaired) electrons. The third-order valence-electron chi connectivity index (χ3n) is 6.60. The van der Waals surface area contributed by atoms with Crippen LogP contribution in [0.1, 0.15) is 39.5 Å². The molecule has 1 fully saturated rings. The summed E-state index contributed by atoms with van der Waals surface area (Å²) < 4.78 is 7.05. The SMILES string of the molecule is Cn1ncc(C(=O)N2CCC2C(=O)O)c1CNC(=O)OCC1c2ccccc2-c2ccccc21. The van der Waals surface area contributed by atoms with Crippen molar-refractivity contribution in [2.24, 2.45) is 7.05 Å². The van der Waals surface area contributed by atoms with Crippen molar-refractivity contribution in [3.05, 3.63) is 77.1 Å². The highest BCUT2D eigenvalue weighted by molar-refractivity contribution is 5.98. The van der Waals surface area contributed by atoms with Gasteiger partial charge >= 0.3 is 12.1 Å². The number of likely N-dealkylation sites (tertiary alicyclic amines) is 1. The number of amides is 2. The van der Waals surface area contributed by atoms with Crippen molar-refractivity contribution in [1.82, 2.24) is 20.0 Å². The molecule has 1 saturated heterocycles. The maximum atomic E-state index is 12.8. The third kappa shape index (κ3) is 3.68. The lowest BCUT2D eigenvalue weighted by Gasteiger charge is -2.37. The van der Waals surface area contributed by atoms with Gasteiger partial charge < -0.3 is 20.1 Å². The lowest BCUT2D eigenvalue weighted by molar-refractivity contribution is -0.146. The van der Waals surface area contributed by atoms with Gasteiger partial charge in [0.25, 0.3) is 5.91 Å². The number of carbonyl (C=O) groups is 3. The number of alkyl carbamates (subject to hydrolysis) is 1. The molecule has 2 amide bonds. The van der Waals surface area contributed by atoms with Gasteiger partial charge in [0.05, 0.1) is 24.0 Å². The quantitative estimate of drug-likeness (QED) is 0.585. The Balaban J connectivity index is 1.23. The van der Waals surface area contributed by atoms with E-state index in [0.29, 0.717) is 18.7 Å². The van der Waals surface area contributed by atoms with Crippen LogP contribution >= 0.6 is 0 Å². The predicted octanol–water partition coefficient (Wildman–Crippen LogP) is 2.76. The lowest BCUT2D eigenvalue weighted by atomic mass is 9.98. The minimum atomic E-state index is -1.03. The first-order chi connectivity index (χ1) is 16.5. The lowest BCUT2D eigenvalue weighted by Crippen LogP contribution is -2.55. The molecule has 1 aliphatic carbocycles. The van der Waals surface area contributed by atoms with Crippen LogP contribution in [-0.4, -0.2) is 57.0 Å². The molecule has 9 nitrogen and oxygen atoms in total. The van der Waals surface area contributed by atoms with Crippen molar-refractivity contribution < 1.29 is 24.2 Å². The number of carboxylic acids is 1. The molecule has 9 heteroatoms. The molecular weight excluding hydrogens is 436 g/mol. The van der Waals surface area contributed by atoms with Crippen LogP contribution in [0.2, 0.25) is 0 Å². The fraction of sp³-hybridized carbons (Fsp3) is 0.280. The summed E-state index contributed by atoms with van der Waals surface area (Å²) in [5.41, 5.74) is 5.30. The second kappa shape index (κ2) is 8.66. The average Bonchev–Trinajstić information content (AvgIpc) is 3.32. The Kier molecular flexibility index (Phi) is 5.53.